The van der Waals surface area contributed by atoms with Crippen molar-refractivity contribution in [1.29, 1.82) is 0 Å². The maximum Gasteiger partial charge on any atom is 0.339 e. The fourth-order valence-electron chi connectivity index (χ4n) is 3.79. The number of rotatable bonds is 10. The maximum atomic E-state index is 12.7. The van der Waals surface area contributed by atoms with E-state index < -0.39 is 23.5 Å². The van der Waals surface area contributed by atoms with E-state index in [0.29, 0.717) is 34.0 Å². The van der Waals surface area contributed by atoms with Gasteiger partial charge < -0.3 is 29.1 Å². The van der Waals surface area contributed by atoms with Crippen LogP contribution in [0.15, 0.2) is 45.6 Å². The summed E-state index contributed by atoms with van der Waals surface area (Å²) < 4.78 is 21.1. The molecule has 0 radical (unpaired) electrons. The Morgan fingerprint density at radius 2 is 1.76 bits per heavy atom. The molecular weight excluding hydrogens is 442 g/mol. The van der Waals surface area contributed by atoms with E-state index in [1.165, 1.54) is 21.3 Å². The van der Waals surface area contributed by atoms with E-state index in [9.17, 15) is 19.5 Å². The minimum atomic E-state index is -1.07. The summed E-state index contributed by atoms with van der Waals surface area (Å²) in [7, 11) is 4.49. The monoisotopic (exact) mass is 469 g/mol. The predicted octanol–water partition coefficient (Wildman–Crippen LogP) is 3.39. The molecule has 0 saturated heterocycles. The fraction of sp³-hybridized carbons (Fsp3) is 0.320. The number of hydrogen-bond donors (Lipinski definition) is 2. The Hall–Kier alpha value is -4.01. The van der Waals surface area contributed by atoms with Gasteiger partial charge in [-0.1, -0.05) is 6.07 Å². The zero-order chi connectivity index (χ0) is 24.8. The number of carboxylic acids is 1. The van der Waals surface area contributed by atoms with E-state index in [0.717, 1.165) is 10.9 Å². The lowest BCUT2D eigenvalue weighted by Crippen LogP contribution is -2.30. The normalized spacial score (nSPS) is 11.6. The standard InChI is InChI=1S/C25H27NO8/c1-14-17-7-6-16(31-2)12-21(17)34-25(30)18(14)8-10-23(27)26-19(13-24(28)29)15-5-9-20(32-3)22(11-15)33-4/h5-7,9,11-12,19H,8,10,13H2,1-4H3,(H,26,27)(H,28,29)/t19-/m0/s1. The van der Waals surface area contributed by atoms with Crippen molar-refractivity contribution >= 4 is 22.8 Å². The fourth-order valence-corrected chi connectivity index (χ4v) is 3.79. The predicted molar refractivity (Wildman–Crippen MR) is 125 cm³/mol. The molecular formula is C25H27NO8. The molecule has 0 unspecified atom stereocenters. The van der Waals surface area contributed by atoms with Crippen LogP contribution in [0, 0.1) is 6.92 Å². The average molecular weight is 469 g/mol. The second-order valence-electron chi connectivity index (χ2n) is 7.69. The second-order valence-corrected chi connectivity index (χ2v) is 7.69. The van der Waals surface area contributed by atoms with Gasteiger partial charge in [0.05, 0.1) is 33.8 Å². The Kier molecular flexibility index (Phi) is 7.78. The molecule has 1 aromatic heterocycles. The van der Waals surface area contributed by atoms with Crippen molar-refractivity contribution < 1.29 is 33.3 Å². The van der Waals surface area contributed by atoms with Crippen LogP contribution in [0.25, 0.3) is 11.0 Å². The van der Waals surface area contributed by atoms with Gasteiger partial charge in [-0.2, -0.15) is 0 Å². The number of amides is 1. The largest absolute Gasteiger partial charge is 0.497 e. The van der Waals surface area contributed by atoms with Gasteiger partial charge in [-0.25, -0.2) is 4.79 Å². The highest BCUT2D eigenvalue weighted by Crippen LogP contribution is 2.31. The molecule has 0 fully saturated rings. The number of nitrogens with one attached hydrogen (secondary N) is 1. The van der Waals surface area contributed by atoms with Gasteiger partial charge in [0.15, 0.2) is 11.5 Å². The molecule has 0 spiro atoms. The first kappa shape index (κ1) is 24.6. The lowest BCUT2D eigenvalue weighted by Gasteiger charge is -2.19. The van der Waals surface area contributed by atoms with Crippen LogP contribution in [0.1, 0.15) is 35.6 Å². The summed E-state index contributed by atoms with van der Waals surface area (Å²) in [5.74, 6) is 0.0199. The summed E-state index contributed by atoms with van der Waals surface area (Å²) in [6.07, 6.45) is -0.190. The Bertz CT molecular complexity index is 1260. The second kappa shape index (κ2) is 10.7. The number of carbonyl (C=O) groups is 2. The number of aryl methyl sites for hydroxylation is 1. The first-order valence-corrected chi connectivity index (χ1v) is 10.6. The molecule has 1 atom stereocenters. The van der Waals surface area contributed by atoms with E-state index in [1.807, 2.05) is 0 Å². The number of fused-ring (bicyclic) bond motifs is 1. The van der Waals surface area contributed by atoms with Crippen molar-refractivity contribution in [1.82, 2.24) is 5.32 Å². The van der Waals surface area contributed by atoms with Crippen molar-refractivity contribution in [3.63, 3.8) is 0 Å². The van der Waals surface area contributed by atoms with Crippen LogP contribution in [0.3, 0.4) is 0 Å². The summed E-state index contributed by atoms with van der Waals surface area (Å²) in [5.41, 5.74) is 1.57. The van der Waals surface area contributed by atoms with Gasteiger partial charge >= 0.3 is 11.6 Å². The number of carbonyl (C=O) groups excluding carboxylic acids is 1. The zero-order valence-corrected chi connectivity index (χ0v) is 19.5. The van der Waals surface area contributed by atoms with E-state index in [-0.39, 0.29) is 19.3 Å². The Morgan fingerprint density at radius 3 is 2.41 bits per heavy atom. The average Bonchev–Trinajstić information content (AvgIpc) is 2.82. The van der Waals surface area contributed by atoms with E-state index in [2.05, 4.69) is 5.32 Å². The lowest BCUT2D eigenvalue weighted by molar-refractivity contribution is -0.137. The summed E-state index contributed by atoms with van der Waals surface area (Å²) in [6.45, 7) is 1.80. The minimum Gasteiger partial charge on any atom is -0.497 e. The molecule has 9 heteroatoms. The maximum absolute atomic E-state index is 12.7. The van der Waals surface area contributed by atoms with Gasteiger partial charge in [-0.05, 0) is 48.7 Å². The van der Waals surface area contributed by atoms with Crippen LogP contribution in [-0.2, 0) is 16.0 Å². The molecule has 3 rings (SSSR count). The van der Waals surface area contributed by atoms with Crippen LogP contribution >= 0.6 is 0 Å². The number of methoxy groups -OCH3 is 3. The van der Waals surface area contributed by atoms with Gasteiger partial charge in [-0.3, -0.25) is 9.59 Å². The number of carboxylic acid groups (broad SMARTS) is 1. The topological polar surface area (TPSA) is 124 Å². The summed E-state index contributed by atoms with van der Waals surface area (Å²) in [6, 6.07) is 9.37. The minimum absolute atomic E-state index is 0.0172. The highest BCUT2D eigenvalue weighted by molar-refractivity contribution is 5.83. The molecule has 0 aliphatic rings. The smallest absolute Gasteiger partial charge is 0.339 e. The molecule has 0 aliphatic carbocycles. The van der Waals surface area contributed by atoms with E-state index in [1.54, 1.807) is 43.3 Å². The summed E-state index contributed by atoms with van der Waals surface area (Å²) >= 11 is 0. The number of ether oxygens (including phenoxy) is 3. The van der Waals surface area contributed by atoms with Gasteiger partial charge in [-0.15, -0.1) is 0 Å². The Balaban J connectivity index is 1.78. The van der Waals surface area contributed by atoms with Crippen molar-refractivity contribution in [2.24, 2.45) is 0 Å². The molecule has 1 heterocycles. The molecule has 3 aromatic rings. The molecule has 2 aromatic carbocycles. The van der Waals surface area contributed by atoms with Crippen molar-refractivity contribution in [3.05, 3.63) is 63.5 Å². The van der Waals surface area contributed by atoms with Crippen LogP contribution < -0.4 is 25.2 Å². The number of benzene rings is 2. The zero-order valence-electron chi connectivity index (χ0n) is 19.5. The van der Waals surface area contributed by atoms with Crippen LogP contribution in [0.5, 0.6) is 17.2 Å². The first-order valence-electron chi connectivity index (χ1n) is 10.6. The highest BCUT2D eigenvalue weighted by Gasteiger charge is 2.21. The molecule has 0 aliphatic heterocycles. The van der Waals surface area contributed by atoms with Gasteiger partial charge in [0.25, 0.3) is 0 Å². The van der Waals surface area contributed by atoms with Crippen LogP contribution in [-0.4, -0.2) is 38.3 Å². The number of hydrogen-bond acceptors (Lipinski definition) is 7. The van der Waals surface area contributed by atoms with Crippen LogP contribution in [0.2, 0.25) is 0 Å². The molecule has 180 valence electrons. The Morgan fingerprint density at radius 1 is 1.03 bits per heavy atom. The van der Waals surface area contributed by atoms with Gasteiger partial charge in [0.1, 0.15) is 11.3 Å². The summed E-state index contributed by atoms with van der Waals surface area (Å²) in [5, 5.41) is 12.8. The lowest BCUT2D eigenvalue weighted by atomic mass is 10.0. The third-order valence-electron chi connectivity index (χ3n) is 5.62. The van der Waals surface area contributed by atoms with Gasteiger partial charge in [0.2, 0.25) is 5.91 Å². The number of aliphatic carboxylic acids is 1. The molecule has 34 heavy (non-hydrogen) atoms. The Labute approximate surface area is 196 Å². The van der Waals surface area contributed by atoms with E-state index >= 15 is 0 Å². The highest BCUT2D eigenvalue weighted by atomic mass is 16.5. The van der Waals surface area contributed by atoms with Crippen LogP contribution in [0.4, 0.5) is 0 Å². The van der Waals surface area contributed by atoms with Crippen molar-refractivity contribution in [2.75, 3.05) is 21.3 Å². The summed E-state index contributed by atoms with van der Waals surface area (Å²) in [4.78, 5) is 36.7. The van der Waals surface area contributed by atoms with Crippen molar-refractivity contribution in [2.45, 2.75) is 32.2 Å². The first-order chi connectivity index (χ1) is 16.3. The SMILES string of the molecule is COc1ccc2c(C)c(CCC(=O)N[C@@H](CC(=O)O)c3ccc(OC)c(OC)c3)c(=O)oc2c1. The molecule has 0 saturated carbocycles. The molecule has 0 bridgehead atoms. The molecule has 1 amide bonds. The molecule has 9 nitrogen and oxygen atoms in total. The van der Waals surface area contributed by atoms with E-state index in [4.69, 9.17) is 18.6 Å². The third-order valence-corrected chi connectivity index (χ3v) is 5.62. The van der Waals surface area contributed by atoms with Gasteiger partial charge in [0, 0.05) is 23.4 Å². The quantitative estimate of drug-likeness (QED) is 0.433. The molecule has 2 N–H and O–H groups in total. The van der Waals surface area contributed by atoms with Crippen molar-refractivity contribution in [3.8, 4) is 17.2 Å². The third kappa shape index (κ3) is 5.48.